The number of aromatic nitrogens is 3. The highest BCUT2D eigenvalue weighted by Gasteiger charge is 2.29. The minimum Gasteiger partial charge on any atom is -0.465 e. The van der Waals surface area contributed by atoms with Crippen LogP contribution in [0.3, 0.4) is 0 Å². The molecule has 0 aliphatic carbocycles. The number of H-pyrrole nitrogens is 1. The van der Waals surface area contributed by atoms with Crippen LogP contribution in [0.2, 0.25) is 0 Å². The van der Waals surface area contributed by atoms with Gasteiger partial charge in [0.1, 0.15) is 22.9 Å². The molecule has 150 valence electrons. The first-order chi connectivity index (χ1) is 14.1. The highest BCUT2D eigenvalue weighted by Crippen LogP contribution is 2.21. The Balaban J connectivity index is 1.37. The number of hydrogen-bond donors (Lipinski definition) is 2. The van der Waals surface area contributed by atoms with Crippen molar-refractivity contribution < 1.29 is 14.0 Å². The quantitative estimate of drug-likeness (QED) is 0.693. The minimum atomic E-state index is -0.234. The maximum atomic E-state index is 12.9. The topological polar surface area (TPSA) is 104 Å². The number of aryl methyl sites for hydroxylation is 1. The van der Waals surface area contributed by atoms with E-state index in [1.54, 1.807) is 17.2 Å². The van der Waals surface area contributed by atoms with E-state index in [0.717, 1.165) is 24.4 Å². The number of amides is 2. The van der Waals surface area contributed by atoms with E-state index in [9.17, 15) is 9.59 Å². The number of aromatic amines is 1. The lowest BCUT2D eigenvalue weighted by atomic mass is 9.97. The molecule has 4 heterocycles. The highest BCUT2D eigenvalue weighted by molar-refractivity contribution is 5.93. The summed E-state index contributed by atoms with van der Waals surface area (Å²) in [5.41, 5.74) is 1.72. The number of hydrogen-bond acceptors (Lipinski definition) is 5. The molecule has 29 heavy (non-hydrogen) atoms. The summed E-state index contributed by atoms with van der Waals surface area (Å²) in [6.45, 7) is 3.23. The van der Waals surface area contributed by atoms with Crippen molar-refractivity contribution in [3.05, 3.63) is 59.8 Å². The molecule has 8 heteroatoms. The Labute approximate surface area is 168 Å². The van der Waals surface area contributed by atoms with Crippen LogP contribution in [0.5, 0.6) is 0 Å². The van der Waals surface area contributed by atoms with Crippen LogP contribution in [0.4, 0.5) is 0 Å². The molecule has 1 aliphatic rings. The van der Waals surface area contributed by atoms with Gasteiger partial charge in [-0.05, 0) is 50.1 Å². The number of likely N-dealkylation sites (tertiary alicyclic amines) is 1. The Morgan fingerprint density at radius 2 is 2.17 bits per heavy atom. The third kappa shape index (κ3) is 4.37. The van der Waals surface area contributed by atoms with Crippen LogP contribution in [-0.2, 0) is 11.3 Å². The van der Waals surface area contributed by atoms with Crippen molar-refractivity contribution in [2.24, 2.45) is 5.92 Å². The molecule has 8 nitrogen and oxygen atoms in total. The summed E-state index contributed by atoms with van der Waals surface area (Å²) >= 11 is 0. The van der Waals surface area contributed by atoms with E-state index in [4.69, 9.17) is 4.42 Å². The second kappa shape index (κ2) is 8.30. The van der Waals surface area contributed by atoms with Gasteiger partial charge in [0.15, 0.2) is 0 Å². The Kier molecular flexibility index (Phi) is 5.41. The fourth-order valence-corrected chi connectivity index (χ4v) is 3.52. The van der Waals surface area contributed by atoms with Gasteiger partial charge in [-0.15, -0.1) is 0 Å². The standard InChI is InChI=1S/C21H23N5O3/c1-14-7-8-16(29-14)12-23-20(27)15-5-4-10-26(13-15)21(28)19-11-18(24-25-19)17-6-2-3-9-22-17/h2-3,6-9,11,15H,4-5,10,12-13H2,1H3,(H,23,27)(H,24,25)/t15-/m0/s1. The molecule has 0 aromatic carbocycles. The average Bonchev–Trinajstić information content (AvgIpc) is 3.41. The molecule has 1 aliphatic heterocycles. The zero-order valence-corrected chi connectivity index (χ0v) is 16.2. The Morgan fingerprint density at radius 1 is 1.28 bits per heavy atom. The van der Waals surface area contributed by atoms with Gasteiger partial charge in [-0.3, -0.25) is 19.7 Å². The van der Waals surface area contributed by atoms with Crippen LogP contribution in [0.15, 0.2) is 47.0 Å². The minimum absolute atomic E-state index is 0.0599. The summed E-state index contributed by atoms with van der Waals surface area (Å²) in [6.07, 6.45) is 3.23. The molecule has 1 saturated heterocycles. The molecule has 1 atom stereocenters. The summed E-state index contributed by atoms with van der Waals surface area (Å²) in [5, 5.41) is 9.90. The number of rotatable bonds is 5. The van der Waals surface area contributed by atoms with E-state index < -0.39 is 0 Å². The van der Waals surface area contributed by atoms with Gasteiger partial charge >= 0.3 is 0 Å². The number of carbonyl (C=O) groups excluding carboxylic acids is 2. The van der Waals surface area contributed by atoms with Gasteiger partial charge in [-0.1, -0.05) is 6.07 Å². The second-order valence-corrected chi connectivity index (χ2v) is 7.20. The largest absolute Gasteiger partial charge is 0.465 e. The number of pyridine rings is 1. The van der Waals surface area contributed by atoms with Gasteiger partial charge in [-0.2, -0.15) is 5.10 Å². The molecule has 1 fully saturated rings. The van der Waals surface area contributed by atoms with E-state index in [2.05, 4.69) is 20.5 Å². The fourth-order valence-electron chi connectivity index (χ4n) is 3.52. The van der Waals surface area contributed by atoms with E-state index in [1.165, 1.54) is 0 Å². The maximum Gasteiger partial charge on any atom is 0.271 e. The van der Waals surface area contributed by atoms with E-state index >= 15 is 0 Å². The van der Waals surface area contributed by atoms with E-state index in [0.29, 0.717) is 36.7 Å². The molecule has 0 radical (unpaired) electrons. The van der Waals surface area contributed by atoms with Crippen molar-refractivity contribution in [1.29, 1.82) is 0 Å². The molecule has 3 aromatic heterocycles. The first kappa shape index (κ1) is 18.9. The molecule has 4 rings (SSSR count). The predicted molar refractivity (Wildman–Crippen MR) is 106 cm³/mol. The van der Waals surface area contributed by atoms with Gasteiger partial charge in [0.2, 0.25) is 5.91 Å². The Morgan fingerprint density at radius 3 is 2.93 bits per heavy atom. The van der Waals surface area contributed by atoms with Crippen LogP contribution in [-0.4, -0.2) is 45.0 Å². The summed E-state index contributed by atoms with van der Waals surface area (Å²) in [6, 6.07) is 11.0. The lowest BCUT2D eigenvalue weighted by Crippen LogP contribution is -2.45. The van der Waals surface area contributed by atoms with Crippen LogP contribution in [0.25, 0.3) is 11.4 Å². The first-order valence-electron chi connectivity index (χ1n) is 9.69. The third-order valence-electron chi connectivity index (χ3n) is 5.05. The average molecular weight is 393 g/mol. The summed E-state index contributed by atoms with van der Waals surface area (Å²) in [5.74, 6) is 1.09. The van der Waals surface area contributed by atoms with Crippen molar-refractivity contribution in [2.45, 2.75) is 26.3 Å². The number of nitrogens with one attached hydrogen (secondary N) is 2. The maximum absolute atomic E-state index is 12.9. The molecular weight excluding hydrogens is 370 g/mol. The first-order valence-corrected chi connectivity index (χ1v) is 9.69. The van der Waals surface area contributed by atoms with Crippen molar-refractivity contribution in [3.8, 4) is 11.4 Å². The van der Waals surface area contributed by atoms with Crippen molar-refractivity contribution in [3.63, 3.8) is 0 Å². The Hall–Kier alpha value is -3.42. The molecule has 0 bridgehead atoms. The summed E-state index contributed by atoms with van der Waals surface area (Å²) in [4.78, 5) is 31.4. The number of carbonyl (C=O) groups is 2. The number of furan rings is 1. The molecule has 3 aromatic rings. The molecule has 2 amide bonds. The van der Waals surface area contributed by atoms with Crippen LogP contribution in [0.1, 0.15) is 34.9 Å². The van der Waals surface area contributed by atoms with Crippen LogP contribution >= 0.6 is 0 Å². The van der Waals surface area contributed by atoms with Crippen molar-refractivity contribution in [1.82, 2.24) is 25.4 Å². The molecular formula is C21H23N5O3. The fraction of sp³-hybridized carbons (Fsp3) is 0.333. The number of piperidine rings is 1. The van der Waals surface area contributed by atoms with Gasteiger partial charge in [0, 0.05) is 19.3 Å². The molecule has 2 N–H and O–H groups in total. The zero-order chi connectivity index (χ0) is 20.2. The Bertz CT molecular complexity index is 995. The second-order valence-electron chi connectivity index (χ2n) is 7.20. The van der Waals surface area contributed by atoms with Crippen LogP contribution < -0.4 is 5.32 Å². The number of nitrogens with zero attached hydrogens (tertiary/aromatic N) is 3. The third-order valence-corrected chi connectivity index (χ3v) is 5.05. The van der Waals surface area contributed by atoms with Crippen molar-refractivity contribution >= 4 is 11.8 Å². The normalized spacial score (nSPS) is 16.6. The lowest BCUT2D eigenvalue weighted by Gasteiger charge is -2.31. The lowest BCUT2D eigenvalue weighted by molar-refractivity contribution is -0.126. The van der Waals surface area contributed by atoms with Gasteiger partial charge < -0.3 is 14.6 Å². The van der Waals surface area contributed by atoms with E-state index in [-0.39, 0.29) is 17.7 Å². The van der Waals surface area contributed by atoms with Crippen molar-refractivity contribution in [2.75, 3.05) is 13.1 Å². The smallest absolute Gasteiger partial charge is 0.271 e. The SMILES string of the molecule is Cc1ccc(CNC(=O)[C@H]2CCCN(C(=O)c3cc(-c4ccccn4)n[nH]3)C2)o1. The molecule has 0 spiro atoms. The highest BCUT2D eigenvalue weighted by atomic mass is 16.3. The summed E-state index contributed by atoms with van der Waals surface area (Å²) < 4.78 is 5.48. The van der Waals surface area contributed by atoms with E-state index in [1.807, 2.05) is 37.3 Å². The van der Waals surface area contributed by atoms with Gasteiger partial charge in [0.05, 0.1) is 18.2 Å². The molecule has 0 unspecified atom stereocenters. The zero-order valence-electron chi connectivity index (χ0n) is 16.2. The van der Waals surface area contributed by atoms with Crippen LogP contribution in [0, 0.1) is 12.8 Å². The van der Waals surface area contributed by atoms with Gasteiger partial charge in [-0.25, -0.2) is 0 Å². The summed E-state index contributed by atoms with van der Waals surface area (Å²) in [7, 11) is 0. The predicted octanol–water partition coefficient (Wildman–Crippen LogP) is 2.54. The monoisotopic (exact) mass is 393 g/mol. The van der Waals surface area contributed by atoms with Gasteiger partial charge in [0.25, 0.3) is 5.91 Å². The molecule has 0 saturated carbocycles.